The van der Waals surface area contributed by atoms with E-state index in [1.165, 1.54) is 12.1 Å². The van der Waals surface area contributed by atoms with Crippen LogP contribution < -0.4 is 4.74 Å². The Morgan fingerprint density at radius 2 is 1.48 bits per heavy atom. The topological polar surface area (TPSA) is 9.23 Å². The molecule has 3 rings (SSSR count). The molecule has 1 nitrogen and oxygen atoms in total. The molecule has 0 bridgehead atoms. The molecule has 0 N–H and O–H groups in total. The van der Waals surface area contributed by atoms with Crippen LogP contribution in [0.15, 0.2) is 48.5 Å². The number of ether oxygens (including phenoxy) is 1. The molecular weight excluding hydrogens is 277 g/mol. The van der Waals surface area contributed by atoms with Crippen molar-refractivity contribution in [3.05, 3.63) is 54.1 Å². The number of hydrogen-bond acceptors (Lipinski definition) is 1. The summed E-state index contributed by atoms with van der Waals surface area (Å²) in [6, 6.07) is 13.0. The maximum atomic E-state index is 12.8. The fraction of sp³-hybridized carbons (Fsp3) is 0.176. The highest BCUT2D eigenvalue weighted by Crippen LogP contribution is 2.34. The molecule has 0 fully saturated rings. The lowest BCUT2D eigenvalue weighted by Crippen LogP contribution is -2.04. The van der Waals surface area contributed by atoms with Gasteiger partial charge in [0, 0.05) is 0 Å². The summed E-state index contributed by atoms with van der Waals surface area (Å²) < 4.78 is 43.7. The Morgan fingerprint density at radius 3 is 2.10 bits per heavy atom. The van der Waals surface area contributed by atoms with Crippen LogP contribution in [0.4, 0.5) is 13.2 Å². The van der Waals surface area contributed by atoms with Gasteiger partial charge in [-0.25, -0.2) is 0 Å². The number of rotatable bonds is 2. The molecule has 0 saturated carbocycles. The van der Waals surface area contributed by atoms with Gasteiger partial charge >= 0.3 is 6.18 Å². The van der Waals surface area contributed by atoms with E-state index in [1.807, 2.05) is 31.2 Å². The normalized spacial score (nSPS) is 12.0. The number of fused-ring (bicyclic) bond motifs is 3. The van der Waals surface area contributed by atoms with Gasteiger partial charge in [0.15, 0.2) is 0 Å². The Labute approximate surface area is 119 Å². The predicted octanol–water partition coefficient (Wildman–Crippen LogP) is 5.41. The van der Waals surface area contributed by atoms with Gasteiger partial charge in [-0.05, 0) is 52.7 Å². The zero-order valence-electron chi connectivity index (χ0n) is 11.4. The molecular formula is C17H13F3O. The van der Waals surface area contributed by atoms with E-state index in [4.69, 9.17) is 4.74 Å². The Morgan fingerprint density at radius 1 is 0.857 bits per heavy atom. The first-order valence-corrected chi connectivity index (χ1v) is 6.65. The third kappa shape index (κ3) is 2.53. The van der Waals surface area contributed by atoms with Gasteiger partial charge in [-0.15, -0.1) is 0 Å². The van der Waals surface area contributed by atoms with Gasteiger partial charge in [0.1, 0.15) is 5.75 Å². The van der Waals surface area contributed by atoms with Crippen molar-refractivity contribution in [2.45, 2.75) is 13.1 Å². The van der Waals surface area contributed by atoms with Gasteiger partial charge in [-0.2, -0.15) is 13.2 Å². The number of alkyl halides is 3. The first-order chi connectivity index (χ1) is 9.99. The average Bonchev–Trinajstić information content (AvgIpc) is 2.45. The summed E-state index contributed by atoms with van der Waals surface area (Å²) in [7, 11) is 0. The molecule has 0 heterocycles. The molecule has 0 atom stereocenters. The smallest absolute Gasteiger partial charge is 0.416 e. The summed E-state index contributed by atoms with van der Waals surface area (Å²) in [5, 5.41) is 3.27. The standard InChI is InChI=1S/C17H13F3O/c1-2-21-14-6-8-16-12(10-14)4-3-11-9-13(17(18,19)20)5-7-15(11)16/h3-10H,2H2,1H3. The lowest BCUT2D eigenvalue weighted by atomic mass is 10.00. The van der Waals surface area contributed by atoms with Crippen LogP contribution in [0, 0.1) is 0 Å². The second-order valence-electron chi connectivity index (χ2n) is 4.82. The van der Waals surface area contributed by atoms with Crippen molar-refractivity contribution in [2.75, 3.05) is 6.61 Å². The van der Waals surface area contributed by atoms with E-state index in [9.17, 15) is 13.2 Å². The first-order valence-electron chi connectivity index (χ1n) is 6.65. The Bertz CT molecular complexity index is 806. The zero-order valence-corrected chi connectivity index (χ0v) is 11.4. The van der Waals surface area contributed by atoms with Crippen molar-refractivity contribution in [1.82, 2.24) is 0 Å². The third-order valence-corrected chi connectivity index (χ3v) is 3.45. The Hall–Kier alpha value is -2.23. The molecule has 3 aromatic carbocycles. The van der Waals surface area contributed by atoms with Crippen LogP contribution in [-0.2, 0) is 6.18 Å². The molecule has 108 valence electrons. The fourth-order valence-corrected chi connectivity index (χ4v) is 2.48. The summed E-state index contributed by atoms with van der Waals surface area (Å²) >= 11 is 0. The van der Waals surface area contributed by atoms with Gasteiger partial charge in [0.25, 0.3) is 0 Å². The lowest BCUT2D eigenvalue weighted by Gasteiger charge is -2.10. The molecule has 3 aromatic rings. The van der Waals surface area contributed by atoms with E-state index in [0.717, 1.165) is 28.0 Å². The van der Waals surface area contributed by atoms with E-state index in [-0.39, 0.29) is 0 Å². The number of hydrogen-bond donors (Lipinski definition) is 0. The summed E-state index contributed by atoms with van der Waals surface area (Å²) in [5.74, 6) is 0.760. The zero-order chi connectivity index (χ0) is 15.0. The molecule has 0 aliphatic carbocycles. The van der Waals surface area contributed by atoms with Gasteiger partial charge in [0.05, 0.1) is 12.2 Å². The van der Waals surface area contributed by atoms with E-state index < -0.39 is 11.7 Å². The second-order valence-corrected chi connectivity index (χ2v) is 4.82. The second kappa shape index (κ2) is 4.95. The van der Waals surface area contributed by atoms with E-state index >= 15 is 0 Å². The van der Waals surface area contributed by atoms with Crippen molar-refractivity contribution < 1.29 is 17.9 Å². The van der Waals surface area contributed by atoms with Crippen LogP contribution in [0.25, 0.3) is 21.5 Å². The molecule has 0 unspecified atom stereocenters. The quantitative estimate of drug-likeness (QED) is 0.573. The van der Waals surface area contributed by atoms with Gasteiger partial charge in [0.2, 0.25) is 0 Å². The minimum Gasteiger partial charge on any atom is -0.494 e. The van der Waals surface area contributed by atoms with E-state index in [1.54, 1.807) is 6.07 Å². The lowest BCUT2D eigenvalue weighted by molar-refractivity contribution is -0.137. The minimum atomic E-state index is -4.32. The Balaban J connectivity index is 2.20. The molecule has 0 aliphatic rings. The maximum absolute atomic E-state index is 12.8. The van der Waals surface area contributed by atoms with Gasteiger partial charge < -0.3 is 4.74 Å². The molecule has 0 spiro atoms. The Kier molecular flexibility index (Phi) is 3.24. The number of halogens is 3. The van der Waals surface area contributed by atoms with Crippen molar-refractivity contribution in [3.8, 4) is 5.75 Å². The largest absolute Gasteiger partial charge is 0.494 e. The highest BCUT2D eigenvalue weighted by Gasteiger charge is 2.30. The highest BCUT2D eigenvalue weighted by molar-refractivity contribution is 6.07. The van der Waals surface area contributed by atoms with Crippen molar-refractivity contribution in [1.29, 1.82) is 0 Å². The van der Waals surface area contributed by atoms with Crippen molar-refractivity contribution >= 4 is 21.5 Å². The van der Waals surface area contributed by atoms with E-state index in [2.05, 4.69) is 0 Å². The summed E-state index contributed by atoms with van der Waals surface area (Å²) in [5.41, 5.74) is -0.625. The fourth-order valence-electron chi connectivity index (χ4n) is 2.48. The maximum Gasteiger partial charge on any atom is 0.416 e. The van der Waals surface area contributed by atoms with E-state index in [0.29, 0.717) is 12.0 Å². The van der Waals surface area contributed by atoms with Crippen LogP contribution >= 0.6 is 0 Å². The monoisotopic (exact) mass is 290 g/mol. The van der Waals surface area contributed by atoms with Crippen LogP contribution in [-0.4, -0.2) is 6.61 Å². The molecule has 21 heavy (non-hydrogen) atoms. The highest BCUT2D eigenvalue weighted by atomic mass is 19.4. The van der Waals surface area contributed by atoms with Crippen molar-refractivity contribution in [2.24, 2.45) is 0 Å². The summed E-state index contributed by atoms with van der Waals surface area (Å²) in [4.78, 5) is 0. The molecule has 4 heteroatoms. The van der Waals surface area contributed by atoms with Crippen molar-refractivity contribution in [3.63, 3.8) is 0 Å². The van der Waals surface area contributed by atoms with Crippen LogP contribution in [0.5, 0.6) is 5.75 Å². The van der Waals surface area contributed by atoms with Gasteiger partial charge in [-0.3, -0.25) is 0 Å². The minimum absolute atomic E-state index is 0.577. The predicted molar refractivity (Wildman–Crippen MR) is 77.6 cm³/mol. The summed E-state index contributed by atoms with van der Waals surface area (Å²) in [6.45, 7) is 2.48. The number of benzene rings is 3. The molecule has 0 amide bonds. The third-order valence-electron chi connectivity index (χ3n) is 3.45. The molecule has 0 saturated heterocycles. The first kappa shape index (κ1) is 13.7. The van der Waals surface area contributed by atoms with Crippen LogP contribution in [0.2, 0.25) is 0 Å². The van der Waals surface area contributed by atoms with Gasteiger partial charge in [-0.1, -0.05) is 24.3 Å². The molecule has 0 aliphatic heterocycles. The average molecular weight is 290 g/mol. The summed E-state index contributed by atoms with van der Waals surface area (Å²) in [6.07, 6.45) is -4.32. The molecule has 0 aromatic heterocycles. The van der Waals surface area contributed by atoms with Crippen LogP contribution in [0.1, 0.15) is 12.5 Å². The SMILES string of the molecule is CCOc1ccc2c(ccc3cc(C(F)(F)F)ccc32)c1. The molecule has 0 radical (unpaired) electrons. The van der Waals surface area contributed by atoms with Crippen LogP contribution in [0.3, 0.4) is 0 Å².